The molecule has 1 N–H and O–H groups in total. The van der Waals surface area contributed by atoms with Crippen LogP contribution in [0.5, 0.6) is 0 Å². The molecule has 0 aliphatic heterocycles. The highest BCUT2D eigenvalue weighted by molar-refractivity contribution is 5.93. The van der Waals surface area contributed by atoms with E-state index in [0.717, 1.165) is 22.5 Å². The molecule has 0 fully saturated rings. The van der Waals surface area contributed by atoms with Crippen molar-refractivity contribution in [3.05, 3.63) is 90.5 Å². The molecule has 0 unspecified atom stereocenters. The van der Waals surface area contributed by atoms with Gasteiger partial charge in [0.25, 0.3) is 0 Å². The molecule has 0 atom stereocenters. The van der Waals surface area contributed by atoms with Gasteiger partial charge < -0.3 is 9.32 Å². The molecule has 0 aliphatic rings. The van der Waals surface area contributed by atoms with Crippen LogP contribution in [-0.2, 0) is 16.1 Å². The predicted molar refractivity (Wildman–Crippen MR) is 127 cm³/mol. The van der Waals surface area contributed by atoms with E-state index in [4.69, 9.17) is 4.42 Å². The van der Waals surface area contributed by atoms with Crippen molar-refractivity contribution in [2.75, 3.05) is 11.9 Å². The first-order valence-electron chi connectivity index (χ1n) is 10.9. The first kappa shape index (κ1) is 22.1. The van der Waals surface area contributed by atoms with E-state index in [0.29, 0.717) is 18.1 Å². The van der Waals surface area contributed by atoms with E-state index in [-0.39, 0.29) is 24.9 Å². The molecule has 4 aromatic rings. The molecule has 2 aromatic heterocycles. The summed E-state index contributed by atoms with van der Waals surface area (Å²) in [4.78, 5) is 31.5. The Labute approximate surface area is 192 Å². The zero-order valence-corrected chi connectivity index (χ0v) is 18.7. The van der Waals surface area contributed by atoms with E-state index in [1.807, 2.05) is 72.3 Å². The fraction of sp³-hybridized carbons (Fsp3) is 0.192. The molecule has 2 heterocycles. The fourth-order valence-corrected chi connectivity index (χ4v) is 3.50. The van der Waals surface area contributed by atoms with Crippen molar-refractivity contribution in [2.45, 2.75) is 26.8 Å². The van der Waals surface area contributed by atoms with Crippen molar-refractivity contribution in [3.8, 4) is 16.9 Å². The zero-order chi connectivity index (χ0) is 23.2. The maximum absolute atomic E-state index is 13.0. The number of aryl methyl sites for hydroxylation is 1. The third-order valence-electron chi connectivity index (χ3n) is 5.26. The van der Waals surface area contributed by atoms with Gasteiger partial charge in [0.15, 0.2) is 0 Å². The van der Waals surface area contributed by atoms with E-state index in [1.54, 1.807) is 25.3 Å². The summed E-state index contributed by atoms with van der Waals surface area (Å²) in [6.45, 7) is 3.92. The molecule has 7 heteroatoms. The van der Waals surface area contributed by atoms with E-state index in [1.165, 1.54) is 4.90 Å². The van der Waals surface area contributed by atoms with Gasteiger partial charge in [0, 0.05) is 23.9 Å². The summed E-state index contributed by atoms with van der Waals surface area (Å²) in [6, 6.07) is 21.3. The lowest BCUT2D eigenvalue weighted by Crippen LogP contribution is -2.37. The lowest BCUT2D eigenvalue weighted by Gasteiger charge is -2.20. The number of nitrogens with zero attached hydrogens (tertiary/aromatic N) is 3. The molecule has 168 valence electrons. The largest absolute Gasteiger partial charge is 0.467 e. The maximum Gasteiger partial charge on any atom is 0.246 e. The van der Waals surface area contributed by atoms with Crippen LogP contribution in [0.3, 0.4) is 0 Å². The van der Waals surface area contributed by atoms with Gasteiger partial charge in [-0.2, -0.15) is 0 Å². The number of hydrogen-bond donors (Lipinski definition) is 1. The van der Waals surface area contributed by atoms with E-state index in [9.17, 15) is 9.59 Å². The molecular formula is C26H26N4O3. The van der Waals surface area contributed by atoms with Crippen molar-refractivity contribution >= 4 is 17.8 Å². The van der Waals surface area contributed by atoms with Gasteiger partial charge in [-0.05, 0) is 31.2 Å². The van der Waals surface area contributed by atoms with Crippen LogP contribution < -0.4 is 5.32 Å². The number of rotatable bonds is 8. The molecule has 4 rings (SSSR count). The number of aromatic nitrogens is 2. The first-order valence-corrected chi connectivity index (χ1v) is 10.9. The Balaban J connectivity index is 1.60. The highest BCUT2D eigenvalue weighted by Gasteiger charge is 2.20. The van der Waals surface area contributed by atoms with E-state index < -0.39 is 0 Å². The van der Waals surface area contributed by atoms with Gasteiger partial charge in [0.1, 0.15) is 12.3 Å². The number of anilines is 1. The monoisotopic (exact) mass is 442 g/mol. The average molecular weight is 443 g/mol. The van der Waals surface area contributed by atoms with Crippen LogP contribution in [0.15, 0.2) is 83.6 Å². The number of nitrogens with one attached hydrogen (secondary N) is 1. The summed E-state index contributed by atoms with van der Waals surface area (Å²) < 4.78 is 7.20. The van der Waals surface area contributed by atoms with Gasteiger partial charge in [0.05, 0.1) is 18.5 Å². The minimum absolute atomic E-state index is 0.102. The molecule has 2 amide bonds. The van der Waals surface area contributed by atoms with Crippen molar-refractivity contribution in [1.82, 2.24) is 14.5 Å². The minimum Gasteiger partial charge on any atom is -0.467 e. The topological polar surface area (TPSA) is 80.4 Å². The third kappa shape index (κ3) is 5.38. The van der Waals surface area contributed by atoms with Crippen LogP contribution in [0.1, 0.15) is 24.7 Å². The fourth-order valence-electron chi connectivity index (χ4n) is 3.50. The van der Waals surface area contributed by atoms with E-state index >= 15 is 0 Å². The molecule has 7 nitrogen and oxygen atoms in total. The molecule has 0 aliphatic carbocycles. The van der Waals surface area contributed by atoms with Gasteiger partial charge >= 0.3 is 0 Å². The van der Waals surface area contributed by atoms with Gasteiger partial charge in [-0.25, -0.2) is 4.98 Å². The standard InChI is InChI=1S/C26H26N4O3/c1-3-25(32)29(16-22-10-7-15-33-22)18-24(31)28-26-27-23(20-8-5-4-6-9-20)17-30(26)21-13-11-19(2)12-14-21/h4-15,17H,3,16,18H2,1-2H3,(H,27,28,31). The zero-order valence-electron chi connectivity index (χ0n) is 18.7. The minimum atomic E-state index is -0.332. The van der Waals surface area contributed by atoms with Crippen LogP contribution in [0.4, 0.5) is 5.95 Å². The van der Waals surface area contributed by atoms with Crippen molar-refractivity contribution in [3.63, 3.8) is 0 Å². The molecule has 0 bridgehead atoms. The van der Waals surface area contributed by atoms with Crippen LogP contribution in [-0.4, -0.2) is 32.8 Å². The Morgan fingerprint density at radius 2 is 1.79 bits per heavy atom. The smallest absolute Gasteiger partial charge is 0.246 e. The van der Waals surface area contributed by atoms with Crippen LogP contribution in [0, 0.1) is 6.92 Å². The van der Waals surface area contributed by atoms with Crippen molar-refractivity contribution in [2.24, 2.45) is 0 Å². The average Bonchev–Trinajstić information content (AvgIpc) is 3.49. The second kappa shape index (κ2) is 9.99. The Kier molecular flexibility index (Phi) is 6.69. The van der Waals surface area contributed by atoms with Gasteiger partial charge in [-0.1, -0.05) is 55.0 Å². The molecule has 0 spiro atoms. The predicted octanol–water partition coefficient (Wildman–Crippen LogP) is 4.82. The number of imidazole rings is 1. The van der Waals surface area contributed by atoms with Crippen molar-refractivity contribution < 1.29 is 14.0 Å². The van der Waals surface area contributed by atoms with Crippen LogP contribution in [0.25, 0.3) is 16.9 Å². The maximum atomic E-state index is 13.0. The van der Waals surface area contributed by atoms with Crippen LogP contribution >= 0.6 is 0 Å². The lowest BCUT2D eigenvalue weighted by molar-refractivity contribution is -0.135. The highest BCUT2D eigenvalue weighted by Crippen LogP contribution is 2.24. The van der Waals surface area contributed by atoms with Gasteiger partial charge in [-0.15, -0.1) is 0 Å². The molecule has 0 saturated heterocycles. The summed E-state index contributed by atoms with van der Waals surface area (Å²) >= 11 is 0. The molecule has 0 radical (unpaired) electrons. The number of carbonyl (C=O) groups is 2. The number of carbonyl (C=O) groups excluding carboxylic acids is 2. The van der Waals surface area contributed by atoms with E-state index in [2.05, 4.69) is 10.3 Å². The summed E-state index contributed by atoms with van der Waals surface area (Å²) in [5.74, 6) is 0.553. The summed E-state index contributed by atoms with van der Waals surface area (Å²) in [7, 11) is 0. The molecular weight excluding hydrogens is 416 g/mol. The second-order valence-corrected chi connectivity index (χ2v) is 7.75. The SMILES string of the molecule is CCC(=O)N(CC(=O)Nc1nc(-c2ccccc2)cn1-c1ccc(C)cc1)Cc1ccco1. The van der Waals surface area contributed by atoms with Crippen molar-refractivity contribution in [1.29, 1.82) is 0 Å². The number of benzene rings is 2. The van der Waals surface area contributed by atoms with Crippen LogP contribution in [0.2, 0.25) is 0 Å². The Morgan fingerprint density at radius 1 is 1.03 bits per heavy atom. The molecule has 0 saturated carbocycles. The Hall–Kier alpha value is -4.13. The second-order valence-electron chi connectivity index (χ2n) is 7.75. The van der Waals surface area contributed by atoms with Gasteiger partial charge in [0.2, 0.25) is 17.8 Å². The quantitative estimate of drug-likeness (QED) is 0.424. The number of hydrogen-bond acceptors (Lipinski definition) is 4. The van der Waals surface area contributed by atoms with Gasteiger partial charge in [-0.3, -0.25) is 19.5 Å². The molecule has 2 aromatic carbocycles. The lowest BCUT2D eigenvalue weighted by atomic mass is 10.2. The molecule has 33 heavy (non-hydrogen) atoms. The summed E-state index contributed by atoms with van der Waals surface area (Å²) in [6.07, 6.45) is 3.74. The Morgan fingerprint density at radius 3 is 2.45 bits per heavy atom. The number of amides is 2. The highest BCUT2D eigenvalue weighted by atomic mass is 16.3. The first-order chi connectivity index (χ1) is 16.0. The Bertz CT molecular complexity index is 1210. The summed E-state index contributed by atoms with van der Waals surface area (Å²) in [5.41, 5.74) is 3.70. The normalized spacial score (nSPS) is 10.7. The summed E-state index contributed by atoms with van der Waals surface area (Å²) in [5, 5.41) is 2.89. The number of furan rings is 1. The third-order valence-corrected chi connectivity index (χ3v) is 5.26.